The lowest BCUT2D eigenvalue weighted by Gasteiger charge is -2.16. The van der Waals surface area contributed by atoms with Crippen molar-refractivity contribution in [2.75, 3.05) is 40.1 Å². The molecule has 0 saturated heterocycles. The van der Waals surface area contributed by atoms with Crippen LogP contribution in [0.1, 0.15) is 149 Å². The van der Waals surface area contributed by atoms with Crippen molar-refractivity contribution >= 4 is 0 Å². The summed E-state index contributed by atoms with van der Waals surface area (Å²) in [7, 11) is 1.00. The monoisotopic (exact) mass is 525 g/mol. The maximum atomic E-state index is 8.67. The Hall–Kier alpha value is -0.240. The molecule has 0 aliphatic carbocycles. The Bertz CT molecular complexity index is 299. The normalized spacial score (nSPS) is 10.5. The second-order valence-electron chi connectivity index (χ2n) is 10.4. The Morgan fingerprint density at radius 2 is 0.556 bits per heavy atom. The van der Waals surface area contributed by atoms with Crippen molar-refractivity contribution in [1.29, 1.82) is 0 Å². The van der Waals surface area contributed by atoms with E-state index in [1.54, 1.807) is 13.8 Å². The Labute approximate surface area is 225 Å². The number of aliphatic hydroxyl groups is 6. The lowest BCUT2D eigenvalue weighted by Crippen LogP contribution is -2.20. The first-order valence-corrected chi connectivity index (χ1v) is 14.9. The summed E-state index contributed by atoms with van der Waals surface area (Å²) in [6.07, 6.45) is 26.0. The number of aliphatic hydroxyl groups excluding tert-OH is 6. The Kier molecular flexibility index (Phi) is 49.8. The fraction of sp³-hybridized carbons (Fsp3) is 1.00. The van der Waals surface area contributed by atoms with Crippen LogP contribution in [-0.2, 0) is 0 Å². The smallest absolute Gasteiger partial charge is 0.0504 e. The quantitative estimate of drug-likeness (QED) is 0.0863. The molecule has 0 rings (SSSR count). The molecule has 0 bridgehead atoms. The highest BCUT2D eigenvalue weighted by molar-refractivity contribution is 4.63. The van der Waals surface area contributed by atoms with E-state index < -0.39 is 0 Å². The third-order valence-electron chi connectivity index (χ3n) is 5.93. The second-order valence-corrected chi connectivity index (χ2v) is 10.4. The molecule has 0 spiro atoms. The summed E-state index contributed by atoms with van der Waals surface area (Å²) in [4.78, 5) is 0. The molecule has 224 valence electrons. The molecule has 0 atom stereocenters. The summed E-state index contributed by atoms with van der Waals surface area (Å²) in [5.74, 6) is 0. The van der Waals surface area contributed by atoms with E-state index in [0.29, 0.717) is 6.61 Å². The predicted molar refractivity (Wildman–Crippen MR) is 155 cm³/mol. The van der Waals surface area contributed by atoms with Gasteiger partial charge in [0.25, 0.3) is 0 Å². The van der Waals surface area contributed by atoms with Gasteiger partial charge in [0.2, 0.25) is 0 Å². The molecule has 0 amide bonds. The van der Waals surface area contributed by atoms with Crippen molar-refractivity contribution in [3.8, 4) is 0 Å². The minimum absolute atomic E-state index is 0.0451. The van der Waals surface area contributed by atoms with E-state index in [-0.39, 0.29) is 31.8 Å². The summed E-state index contributed by atoms with van der Waals surface area (Å²) in [5.41, 5.74) is -0.306. The van der Waals surface area contributed by atoms with Crippen molar-refractivity contribution in [3.63, 3.8) is 0 Å². The van der Waals surface area contributed by atoms with Crippen LogP contribution in [0.5, 0.6) is 0 Å². The topological polar surface area (TPSA) is 121 Å². The van der Waals surface area contributed by atoms with E-state index in [0.717, 1.165) is 39.2 Å². The molecule has 0 heterocycles. The van der Waals surface area contributed by atoms with Crippen LogP contribution in [0, 0.1) is 5.41 Å². The predicted octanol–water partition coefficient (Wildman–Crippen LogP) is 6.38. The van der Waals surface area contributed by atoms with Gasteiger partial charge in [0, 0.05) is 32.3 Å². The first kappa shape index (κ1) is 42.8. The van der Waals surface area contributed by atoms with Gasteiger partial charge in [-0.05, 0) is 19.3 Å². The number of hydrogen-bond acceptors (Lipinski definition) is 6. The number of unbranched alkanes of at least 4 members (excludes halogenated alkanes) is 18. The van der Waals surface area contributed by atoms with Gasteiger partial charge in [0.15, 0.2) is 0 Å². The van der Waals surface area contributed by atoms with Gasteiger partial charge < -0.3 is 30.6 Å². The van der Waals surface area contributed by atoms with Gasteiger partial charge in [-0.1, -0.05) is 130 Å². The van der Waals surface area contributed by atoms with Gasteiger partial charge in [0.1, 0.15) is 0 Å². The highest BCUT2D eigenvalue weighted by atomic mass is 16.3. The van der Waals surface area contributed by atoms with Crippen LogP contribution < -0.4 is 0 Å². The highest BCUT2D eigenvalue weighted by Gasteiger charge is 2.13. The van der Waals surface area contributed by atoms with E-state index >= 15 is 0 Å². The SMILES string of the molecule is CC(C)(CO)CO.CCCCCCCCCCCCCCCCCCO.CO.OCCCCCCO. The Morgan fingerprint density at radius 3 is 0.694 bits per heavy atom. The molecule has 0 unspecified atom stereocenters. The molecule has 0 aromatic heterocycles. The average Bonchev–Trinajstić information content (AvgIpc) is 2.91. The zero-order valence-electron chi connectivity index (χ0n) is 24.9. The number of rotatable bonds is 23. The van der Waals surface area contributed by atoms with Crippen molar-refractivity contribution < 1.29 is 30.6 Å². The van der Waals surface area contributed by atoms with Gasteiger partial charge in [-0.2, -0.15) is 0 Å². The van der Waals surface area contributed by atoms with Crippen molar-refractivity contribution in [1.82, 2.24) is 0 Å². The van der Waals surface area contributed by atoms with E-state index in [1.807, 2.05) is 0 Å². The van der Waals surface area contributed by atoms with E-state index in [4.69, 9.17) is 30.6 Å². The van der Waals surface area contributed by atoms with Crippen LogP contribution in [0.2, 0.25) is 0 Å². The minimum Gasteiger partial charge on any atom is -0.400 e. The summed E-state index contributed by atoms with van der Waals surface area (Å²) in [5, 5.41) is 49.1. The van der Waals surface area contributed by atoms with E-state index in [1.165, 1.54) is 96.3 Å². The van der Waals surface area contributed by atoms with Crippen LogP contribution in [-0.4, -0.2) is 70.8 Å². The maximum Gasteiger partial charge on any atom is 0.0504 e. The third-order valence-corrected chi connectivity index (χ3v) is 5.93. The lowest BCUT2D eigenvalue weighted by molar-refractivity contribution is 0.0857. The van der Waals surface area contributed by atoms with Crippen molar-refractivity contribution in [2.24, 2.45) is 5.41 Å². The lowest BCUT2D eigenvalue weighted by atomic mass is 9.97. The van der Waals surface area contributed by atoms with Gasteiger partial charge >= 0.3 is 0 Å². The first-order chi connectivity index (χ1) is 17.4. The van der Waals surface area contributed by atoms with Crippen LogP contribution in [0.4, 0.5) is 0 Å². The van der Waals surface area contributed by atoms with E-state index in [9.17, 15) is 0 Å². The highest BCUT2D eigenvalue weighted by Crippen LogP contribution is 2.13. The molecular formula is C30H68O6. The van der Waals surface area contributed by atoms with Crippen LogP contribution in [0.25, 0.3) is 0 Å². The zero-order valence-corrected chi connectivity index (χ0v) is 24.9. The molecular weight excluding hydrogens is 456 g/mol. The molecule has 0 radical (unpaired) electrons. The molecule has 6 heteroatoms. The fourth-order valence-electron chi connectivity index (χ4n) is 3.29. The zero-order chi connectivity index (χ0) is 28.2. The molecule has 6 N–H and O–H groups in total. The number of hydrogen-bond donors (Lipinski definition) is 6. The van der Waals surface area contributed by atoms with Crippen molar-refractivity contribution in [2.45, 2.75) is 149 Å². The summed E-state index contributed by atoms with van der Waals surface area (Å²) in [6, 6.07) is 0. The molecule has 0 fully saturated rings. The van der Waals surface area contributed by atoms with E-state index in [2.05, 4.69) is 6.92 Å². The van der Waals surface area contributed by atoms with Crippen LogP contribution in [0.3, 0.4) is 0 Å². The second kappa shape index (κ2) is 41.9. The van der Waals surface area contributed by atoms with Gasteiger partial charge in [0.05, 0.1) is 13.2 Å². The standard InChI is InChI=1S/C18H38O.C6H14O2.C5H12O2.CH4O/c1-2-3-4-5-6-7-8-9-10-11-12-13-14-15-16-17-18-19;7-5-3-1-2-4-6-8;1-5(2,3-6)4-7;1-2/h19H,2-18H2,1H3;7-8H,1-6H2;6-7H,3-4H2,1-2H3;2H,1H3. The largest absolute Gasteiger partial charge is 0.400 e. The molecule has 6 nitrogen and oxygen atoms in total. The molecule has 0 aromatic rings. The van der Waals surface area contributed by atoms with Crippen LogP contribution >= 0.6 is 0 Å². The first-order valence-electron chi connectivity index (χ1n) is 14.9. The Morgan fingerprint density at radius 1 is 0.361 bits per heavy atom. The minimum atomic E-state index is -0.306. The molecule has 0 saturated carbocycles. The summed E-state index contributed by atoms with van der Waals surface area (Å²) < 4.78 is 0. The van der Waals surface area contributed by atoms with Gasteiger partial charge in [-0.3, -0.25) is 0 Å². The average molecular weight is 525 g/mol. The van der Waals surface area contributed by atoms with Crippen LogP contribution in [0.15, 0.2) is 0 Å². The molecule has 36 heavy (non-hydrogen) atoms. The van der Waals surface area contributed by atoms with Gasteiger partial charge in [-0.15, -0.1) is 0 Å². The maximum absolute atomic E-state index is 8.67. The molecule has 0 aliphatic heterocycles. The van der Waals surface area contributed by atoms with Crippen molar-refractivity contribution in [3.05, 3.63) is 0 Å². The molecule has 0 aliphatic rings. The fourth-order valence-corrected chi connectivity index (χ4v) is 3.29. The molecule has 0 aromatic carbocycles. The Balaban J connectivity index is -0.000000247. The third kappa shape index (κ3) is 50.6. The van der Waals surface area contributed by atoms with Gasteiger partial charge in [-0.25, -0.2) is 0 Å². The summed E-state index contributed by atoms with van der Waals surface area (Å²) >= 11 is 0. The summed E-state index contributed by atoms with van der Waals surface area (Å²) in [6.45, 7) is 6.91.